The van der Waals surface area contributed by atoms with Gasteiger partial charge in [0, 0.05) is 33.9 Å². The van der Waals surface area contributed by atoms with Gasteiger partial charge in [-0.2, -0.15) is 5.26 Å². The Bertz CT molecular complexity index is 2990. The van der Waals surface area contributed by atoms with Gasteiger partial charge < -0.3 is 9.80 Å². The van der Waals surface area contributed by atoms with Crippen LogP contribution in [-0.4, -0.2) is 0 Å². The summed E-state index contributed by atoms with van der Waals surface area (Å²) in [5.74, 6) is 0. The maximum atomic E-state index is 9.22. The van der Waals surface area contributed by atoms with E-state index in [-0.39, 0.29) is 0 Å². The van der Waals surface area contributed by atoms with Crippen LogP contribution >= 0.6 is 0 Å². The van der Waals surface area contributed by atoms with E-state index >= 15 is 0 Å². The van der Waals surface area contributed by atoms with Crippen LogP contribution in [-0.2, 0) is 0 Å². The first-order valence-electron chi connectivity index (χ1n) is 20.6. The molecule has 0 aromatic heterocycles. The fraction of sp³-hybridized carbons (Fsp3) is 0.0172. The van der Waals surface area contributed by atoms with Gasteiger partial charge in [0.25, 0.3) is 0 Å². The lowest BCUT2D eigenvalue weighted by molar-refractivity contribution is 1.29. The van der Waals surface area contributed by atoms with Crippen LogP contribution < -0.4 is 9.80 Å². The number of hydrogen-bond donors (Lipinski definition) is 0. The topological polar surface area (TPSA) is 30.3 Å². The summed E-state index contributed by atoms with van der Waals surface area (Å²) in [5, 5.41) is 14.1. The Hall–Kier alpha value is -8.19. The average Bonchev–Trinajstić information content (AvgIpc) is 3.33. The van der Waals surface area contributed by atoms with Crippen molar-refractivity contribution < 1.29 is 0 Å². The van der Waals surface area contributed by atoms with Crippen molar-refractivity contribution in [1.82, 2.24) is 0 Å². The Morgan fingerprint density at radius 2 is 0.623 bits per heavy atom. The van der Waals surface area contributed by atoms with Crippen LogP contribution in [0.3, 0.4) is 0 Å². The van der Waals surface area contributed by atoms with Crippen LogP contribution in [0, 0.1) is 18.3 Å². The third-order valence-electron chi connectivity index (χ3n) is 11.0. The lowest BCUT2D eigenvalue weighted by atomic mass is 9.97. The lowest BCUT2D eigenvalue weighted by Gasteiger charge is -2.28. The van der Waals surface area contributed by atoms with Gasteiger partial charge in [0.1, 0.15) is 0 Å². The zero-order chi connectivity index (χ0) is 41.4. The normalized spacial score (nSPS) is 10.7. The molecule has 0 aliphatic rings. The second-order valence-electron chi connectivity index (χ2n) is 15.0. The number of nitrogens with zero attached hydrogens (tertiary/aromatic N) is 3. The molecule has 0 amide bonds. The first-order chi connectivity index (χ1) is 30.1. The Labute approximate surface area is 358 Å². The molecule has 61 heavy (non-hydrogen) atoms. The molecule has 0 saturated heterocycles. The molecule has 10 aromatic carbocycles. The molecule has 3 heteroatoms. The van der Waals surface area contributed by atoms with Crippen molar-refractivity contribution in [2.75, 3.05) is 9.80 Å². The summed E-state index contributed by atoms with van der Waals surface area (Å²) in [7, 11) is 0. The van der Waals surface area contributed by atoms with Gasteiger partial charge in [-0.25, -0.2) is 0 Å². The summed E-state index contributed by atoms with van der Waals surface area (Å²) in [4.78, 5) is 4.64. The predicted molar refractivity (Wildman–Crippen MR) is 258 cm³/mol. The maximum Gasteiger partial charge on any atom is 0.0991 e. The van der Waals surface area contributed by atoms with Gasteiger partial charge >= 0.3 is 0 Å². The van der Waals surface area contributed by atoms with Gasteiger partial charge in [-0.05, 0) is 125 Å². The largest absolute Gasteiger partial charge is 0.310 e. The monoisotopic (exact) mass is 781 g/mol. The standard InChI is InChI=1S/C29H20N2.C29H23N/c30-21-22-15-17-23(18-16-22)28-19-24-9-7-8-10-25(24)20-29(28)31(26-11-3-1-4-12-26)27-13-5-2-6-14-27;1-22-16-18-23(19-17-22)28-20-24-10-8-9-11-25(24)21-29(28)30(26-12-4-2-5-13-26)27-14-6-3-7-15-27/h1-20H;2-21H,1H3. The first kappa shape index (κ1) is 38.3. The Kier molecular flexibility index (Phi) is 11.2. The van der Waals surface area contributed by atoms with Crippen LogP contribution in [0.25, 0.3) is 43.8 Å². The number of hydrogen-bond acceptors (Lipinski definition) is 3. The summed E-state index contributed by atoms with van der Waals surface area (Å²) < 4.78 is 0. The molecule has 0 spiro atoms. The maximum absolute atomic E-state index is 9.22. The van der Waals surface area contributed by atoms with Gasteiger partial charge in [-0.1, -0.05) is 163 Å². The Morgan fingerprint density at radius 1 is 0.328 bits per heavy atom. The van der Waals surface area contributed by atoms with Gasteiger partial charge in [0.2, 0.25) is 0 Å². The summed E-state index contributed by atoms with van der Waals surface area (Å²) in [6.07, 6.45) is 0. The average molecular weight is 782 g/mol. The predicted octanol–water partition coefficient (Wildman–Crippen LogP) is 16.1. The minimum atomic E-state index is 0.661. The molecule has 10 rings (SSSR count). The molecule has 0 heterocycles. The molecule has 0 bridgehead atoms. The van der Waals surface area contributed by atoms with Crippen LogP contribution in [0.15, 0.2) is 243 Å². The number of rotatable bonds is 8. The molecular weight excluding hydrogens is 739 g/mol. The molecule has 0 atom stereocenters. The van der Waals surface area contributed by atoms with Crippen molar-refractivity contribution in [1.29, 1.82) is 5.26 Å². The summed E-state index contributed by atoms with van der Waals surface area (Å²) in [6.45, 7) is 2.13. The smallest absolute Gasteiger partial charge is 0.0991 e. The van der Waals surface area contributed by atoms with Crippen molar-refractivity contribution in [2.45, 2.75) is 6.92 Å². The van der Waals surface area contributed by atoms with E-state index < -0.39 is 0 Å². The summed E-state index contributed by atoms with van der Waals surface area (Å²) >= 11 is 0. The van der Waals surface area contributed by atoms with Crippen LogP contribution in [0.4, 0.5) is 34.1 Å². The van der Waals surface area contributed by atoms with E-state index in [1.165, 1.54) is 43.9 Å². The molecule has 290 valence electrons. The number of benzene rings is 10. The quantitative estimate of drug-likeness (QED) is 0.154. The SMILES string of the molecule is Cc1ccc(-c2cc3ccccc3cc2N(c2ccccc2)c2ccccc2)cc1.N#Cc1ccc(-c2cc3ccccc3cc2N(c2ccccc2)c2ccccc2)cc1. The van der Waals surface area contributed by atoms with Crippen molar-refractivity contribution >= 4 is 55.7 Å². The Morgan fingerprint density at radius 3 is 0.951 bits per heavy atom. The molecule has 0 radical (unpaired) electrons. The molecule has 0 saturated carbocycles. The van der Waals surface area contributed by atoms with Crippen LogP contribution in [0.2, 0.25) is 0 Å². The highest BCUT2D eigenvalue weighted by Gasteiger charge is 2.20. The van der Waals surface area contributed by atoms with Gasteiger partial charge in [-0.15, -0.1) is 0 Å². The molecular formula is C58H43N3. The van der Waals surface area contributed by atoms with E-state index in [0.29, 0.717) is 5.56 Å². The van der Waals surface area contributed by atoms with Crippen molar-refractivity contribution in [3.63, 3.8) is 0 Å². The third kappa shape index (κ3) is 8.39. The van der Waals surface area contributed by atoms with E-state index in [2.05, 4.69) is 229 Å². The molecule has 0 fully saturated rings. The fourth-order valence-corrected chi connectivity index (χ4v) is 7.91. The van der Waals surface area contributed by atoms with E-state index in [4.69, 9.17) is 0 Å². The molecule has 0 aliphatic carbocycles. The molecule has 0 N–H and O–H groups in total. The molecule has 0 unspecified atom stereocenters. The minimum absolute atomic E-state index is 0.661. The van der Waals surface area contributed by atoms with Gasteiger partial charge in [0.15, 0.2) is 0 Å². The summed E-state index contributed by atoms with van der Waals surface area (Å²) in [6, 6.07) is 87.0. The van der Waals surface area contributed by atoms with Crippen molar-refractivity contribution in [3.8, 4) is 28.3 Å². The lowest BCUT2D eigenvalue weighted by Crippen LogP contribution is -2.11. The zero-order valence-corrected chi connectivity index (χ0v) is 33.9. The van der Waals surface area contributed by atoms with Crippen LogP contribution in [0.5, 0.6) is 0 Å². The van der Waals surface area contributed by atoms with Crippen molar-refractivity contribution in [2.24, 2.45) is 0 Å². The third-order valence-corrected chi connectivity index (χ3v) is 11.0. The second kappa shape index (κ2) is 17.7. The number of fused-ring (bicyclic) bond motifs is 2. The second-order valence-corrected chi connectivity index (χ2v) is 15.0. The fourth-order valence-electron chi connectivity index (χ4n) is 7.91. The van der Waals surface area contributed by atoms with Crippen LogP contribution in [0.1, 0.15) is 11.1 Å². The summed E-state index contributed by atoms with van der Waals surface area (Å²) in [5.41, 5.74) is 13.3. The Balaban J connectivity index is 0.000000156. The highest BCUT2D eigenvalue weighted by molar-refractivity contribution is 5.99. The van der Waals surface area contributed by atoms with E-state index in [0.717, 1.165) is 39.6 Å². The zero-order valence-electron chi connectivity index (χ0n) is 33.9. The molecule has 0 aliphatic heterocycles. The van der Waals surface area contributed by atoms with E-state index in [1.807, 2.05) is 36.4 Å². The van der Waals surface area contributed by atoms with Gasteiger partial charge in [-0.3, -0.25) is 0 Å². The number of para-hydroxylation sites is 4. The van der Waals surface area contributed by atoms with E-state index in [1.54, 1.807) is 0 Å². The number of nitriles is 1. The van der Waals surface area contributed by atoms with Gasteiger partial charge in [0.05, 0.1) is 23.0 Å². The molecule has 3 nitrogen and oxygen atoms in total. The molecule has 10 aromatic rings. The number of aryl methyl sites for hydroxylation is 1. The minimum Gasteiger partial charge on any atom is -0.310 e. The highest BCUT2D eigenvalue weighted by atomic mass is 15.1. The highest BCUT2D eigenvalue weighted by Crippen LogP contribution is 2.44. The van der Waals surface area contributed by atoms with E-state index in [9.17, 15) is 5.26 Å². The van der Waals surface area contributed by atoms with Crippen molar-refractivity contribution in [3.05, 3.63) is 254 Å². The first-order valence-corrected chi connectivity index (χ1v) is 20.6. The number of anilines is 6.